The highest BCUT2D eigenvalue weighted by Gasteiger charge is 2.32. The van der Waals surface area contributed by atoms with Crippen molar-refractivity contribution in [2.24, 2.45) is 0 Å². The minimum absolute atomic E-state index is 0.0744. The molecule has 5 heteroatoms. The predicted molar refractivity (Wildman–Crippen MR) is 77.3 cm³/mol. The maximum absolute atomic E-state index is 12.1. The zero-order chi connectivity index (χ0) is 13.8. The monoisotopic (exact) mass is 278 g/mol. The molecule has 2 rings (SSSR count). The molecular weight excluding hydrogens is 260 g/mol. The Labute approximate surface area is 117 Å². The van der Waals surface area contributed by atoms with Crippen LogP contribution in [0.15, 0.2) is 30.3 Å². The molecule has 0 saturated carbocycles. The number of amides is 1. The molecule has 1 aromatic carbocycles. The van der Waals surface area contributed by atoms with E-state index < -0.39 is 0 Å². The number of carbonyl (C=O) groups is 2. The highest BCUT2D eigenvalue weighted by atomic mass is 32.2. The van der Waals surface area contributed by atoms with Crippen LogP contribution in [0, 0.1) is 0 Å². The predicted octanol–water partition coefficient (Wildman–Crippen LogP) is 1.38. The average molecular weight is 278 g/mol. The summed E-state index contributed by atoms with van der Waals surface area (Å²) in [6.45, 7) is 0.702. The fraction of sp³-hybridized carbons (Fsp3) is 0.429. The molecule has 102 valence electrons. The molecule has 1 aliphatic heterocycles. The Balaban J connectivity index is 1.89. The summed E-state index contributed by atoms with van der Waals surface area (Å²) >= 11 is 1.32. The number of nitrogens with zero attached hydrogens (tertiary/aromatic N) is 1. The number of nitrogens with one attached hydrogen (secondary N) is 1. The molecule has 1 heterocycles. The summed E-state index contributed by atoms with van der Waals surface area (Å²) in [7, 11) is 3.50. The highest BCUT2D eigenvalue weighted by Crippen LogP contribution is 2.25. The van der Waals surface area contributed by atoms with Crippen molar-refractivity contribution in [3.05, 3.63) is 35.9 Å². The third kappa shape index (κ3) is 3.58. The molecule has 1 aliphatic rings. The summed E-state index contributed by atoms with van der Waals surface area (Å²) in [5.41, 5.74) is 0.717. The second-order valence-electron chi connectivity index (χ2n) is 4.82. The van der Waals surface area contributed by atoms with Crippen molar-refractivity contribution in [2.75, 3.05) is 20.6 Å². The first-order chi connectivity index (χ1) is 9.08. The van der Waals surface area contributed by atoms with E-state index in [1.807, 2.05) is 30.3 Å². The van der Waals surface area contributed by atoms with Crippen LogP contribution >= 0.6 is 11.8 Å². The Kier molecular flexibility index (Phi) is 4.61. The van der Waals surface area contributed by atoms with Gasteiger partial charge >= 0.3 is 0 Å². The third-order valence-electron chi connectivity index (χ3n) is 3.11. The van der Waals surface area contributed by atoms with Crippen LogP contribution < -0.4 is 5.32 Å². The lowest BCUT2D eigenvalue weighted by atomic mass is 10.2. The first-order valence-electron chi connectivity index (χ1n) is 6.28. The van der Waals surface area contributed by atoms with Gasteiger partial charge in [0.15, 0.2) is 0 Å². The average Bonchev–Trinajstić information content (AvgIpc) is 2.87. The number of hydrogen-bond acceptors (Lipinski definition) is 4. The maximum atomic E-state index is 12.1. The zero-order valence-electron chi connectivity index (χ0n) is 11.1. The lowest BCUT2D eigenvalue weighted by Gasteiger charge is -2.15. The third-order valence-corrected chi connectivity index (χ3v) is 4.25. The van der Waals surface area contributed by atoms with Crippen LogP contribution in [-0.4, -0.2) is 47.9 Å². The summed E-state index contributed by atoms with van der Waals surface area (Å²) in [4.78, 5) is 25.5. The number of likely N-dealkylation sites (N-methyl/N-ethyl adjacent to an activating group) is 1. The van der Waals surface area contributed by atoms with Crippen LogP contribution in [0.25, 0.3) is 0 Å². The van der Waals surface area contributed by atoms with Crippen LogP contribution in [0.3, 0.4) is 0 Å². The van der Waals surface area contributed by atoms with E-state index in [0.717, 1.165) is 5.56 Å². The van der Waals surface area contributed by atoms with Gasteiger partial charge in [-0.1, -0.05) is 42.1 Å². The van der Waals surface area contributed by atoms with Crippen molar-refractivity contribution >= 4 is 22.8 Å². The molecule has 0 radical (unpaired) electrons. The Morgan fingerprint density at radius 2 is 1.95 bits per heavy atom. The fourth-order valence-corrected chi connectivity index (χ4v) is 3.13. The second-order valence-corrected chi connectivity index (χ2v) is 6.10. The van der Waals surface area contributed by atoms with Gasteiger partial charge in [0.25, 0.3) is 0 Å². The Morgan fingerprint density at radius 3 is 2.58 bits per heavy atom. The van der Waals surface area contributed by atoms with Gasteiger partial charge in [-0.3, -0.25) is 9.59 Å². The van der Waals surface area contributed by atoms with E-state index in [1.165, 1.54) is 11.8 Å². The van der Waals surface area contributed by atoms with Crippen molar-refractivity contribution in [3.63, 3.8) is 0 Å². The van der Waals surface area contributed by atoms with E-state index in [1.54, 1.807) is 19.0 Å². The van der Waals surface area contributed by atoms with Crippen LogP contribution in [0.1, 0.15) is 16.8 Å². The van der Waals surface area contributed by atoms with Crippen molar-refractivity contribution < 1.29 is 9.59 Å². The molecule has 0 bridgehead atoms. The minimum Gasteiger partial charge on any atom is -0.347 e. The lowest BCUT2D eigenvalue weighted by molar-refractivity contribution is -0.130. The molecular formula is C14H18N2O2S. The van der Waals surface area contributed by atoms with Crippen LogP contribution in [0.4, 0.5) is 0 Å². The molecule has 1 aromatic rings. The lowest BCUT2D eigenvalue weighted by Crippen LogP contribution is -2.39. The van der Waals surface area contributed by atoms with Gasteiger partial charge in [0, 0.05) is 31.5 Å². The zero-order valence-corrected chi connectivity index (χ0v) is 11.9. The van der Waals surface area contributed by atoms with Crippen LogP contribution in [0.2, 0.25) is 0 Å². The first kappa shape index (κ1) is 14.1. The highest BCUT2D eigenvalue weighted by molar-refractivity contribution is 8.14. The van der Waals surface area contributed by atoms with Crippen molar-refractivity contribution in [3.8, 4) is 0 Å². The minimum atomic E-state index is -0.156. The Morgan fingerprint density at radius 1 is 1.26 bits per heavy atom. The quantitative estimate of drug-likeness (QED) is 0.907. The molecule has 19 heavy (non-hydrogen) atoms. The Bertz CT molecular complexity index is 462. The van der Waals surface area contributed by atoms with Crippen LogP contribution in [0.5, 0.6) is 0 Å². The van der Waals surface area contributed by atoms with Gasteiger partial charge in [0.2, 0.25) is 11.0 Å². The molecule has 1 N–H and O–H groups in total. The van der Waals surface area contributed by atoms with E-state index in [-0.39, 0.29) is 22.3 Å². The molecule has 4 nitrogen and oxygen atoms in total. The molecule has 0 unspecified atom stereocenters. The molecule has 1 saturated heterocycles. The normalized spacial score (nSPS) is 22.2. The van der Waals surface area contributed by atoms with Crippen molar-refractivity contribution in [2.45, 2.75) is 17.7 Å². The molecule has 1 amide bonds. The van der Waals surface area contributed by atoms with Gasteiger partial charge in [0.05, 0.1) is 6.04 Å². The van der Waals surface area contributed by atoms with E-state index in [9.17, 15) is 9.59 Å². The summed E-state index contributed by atoms with van der Waals surface area (Å²) in [6, 6.07) is 9.10. The van der Waals surface area contributed by atoms with E-state index in [2.05, 4.69) is 5.32 Å². The van der Waals surface area contributed by atoms with Gasteiger partial charge < -0.3 is 10.2 Å². The summed E-state index contributed by atoms with van der Waals surface area (Å²) in [5, 5.41) is 3.42. The number of hydrogen-bond donors (Lipinski definition) is 1. The topological polar surface area (TPSA) is 49.4 Å². The largest absolute Gasteiger partial charge is 0.347 e. The Hall–Kier alpha value is -1.33. The van der Waals surface area contributed by atoms with Gasteiger partial charge in [-0.25, -0.2) is 0 Å². The first-order valence-corrected chi connectivity index (χ1v) is 7.16. The summed E-state index contributed by atoms with van der Waals surface area (Å²) in [6.07, 6.45) is 0.709. The fourth-order valence-electron chi connectivity index (χ4n) is 2.09. The SMILES string of the molecule is CN(C)C(=O)[C@@H]1C[C@H](SC(=O)c2ccccc2)CN1. The molecule has 0 aliphatic carbocycles. The van der Waals surface area contributed by atoms with Crippen molar-refractivity contribution in [1.29, 1.82) is 0 Å². The van der Waals surface area contributed by atoms with E-state index >= 15 is 0 Å². The number of benzene rings is 1. The number of carbonyl (C=O) groups excluding carboxylic acids is 2. The molecule has 0 spiro atoms. The maximum Gasteiger partial charge on any atom is 0.239 e. The smallest absolute Gasteiger partial charge is 0.239 e. The standard InChI is InChI=1S/C14H18N2O2S/c1-16(2)13(17)12-8-11(9-15-12)19-14(18)10-6-4-3-5-7-10/h3-7,11-12,15H,8-9H2,1-2H3/t11-,12-/m0/s1. The molecule has 2 atom stereocenters. The second kappa shape index (κ2) is 6.21. The molecule has 1 fully saturated rings. The number of rotatable bonds is 3. The van der Waals surface area contributed by atoms with E-state index in [0.29, 0.717) is 13.0 Å². The van der Waals surface area contributed by atoms with Crippen LogP contribution in [-0.2, 0) is 4.79 Å². The summed E-state index contributed by atoms with van der Waals surface area (Å²) in [5.74, 6) is 0.0789. The van der Waals surface area contributed by atoms with Crippen molar-refractivity contribution in [1.82, 2.24) is 10.2 Å². The summed E-state index contributed by atoms with van der Waals surface area (Å²) < 4.78 is 0. The van der Waals surface area contributed by atoms with Gasteiger partial charge in [0.1, 0.15) is 0 Å². The van der Waals surface area contributed by atoms with Gasteiger partial charge in [-0.05, 0) is 6.42 Å². The van der Waals surface area contributed by atoms with Gasteiger partial charge in [-0.15, -0.1) is 0 Å². The van der Waals surface area contributed by atoms with E-state index in [4.69, 9.17) is 0 Å². The number of thioether (sulfide) groups is 1. The van der Waals surface area contributed by atoms with Gasteiger partial charge in [-0.2, -0.15) is 0 Å². The molecule has 0 aromatic heterocycles.